The molecule has 8 heteroatoms. The molecule has 7 nitrogen and oxygen atoms in total. The molecular formula is C20H28N3O4S+. The molecule has 2 aromatic carbocycles. The Morgan fingerprint density at radius 3 is 2.29 bits per heavy atom. The van der Waals surface area contributed by atoms with Gasteiger partial charge in [-0.2, -0.15) is 0 Å². The van der Waals surface area contributed by atoms with Gasteiger partial charge < -0.3 is 19.3 Å². The van der Waals surface area contributed by atoms with Crippen molar-refractivity contribution in [2.45, 2.75) is 10.9 Å². The smallest absolute Gasteiger partial charge is 0.240 e. The van der Waals surface area contributed by atoms with Crippen molar-refractivity contribution >= 4 is 15.7 Å². The molecule has 0 aliphatic carbocycles. The second kappa shape index (κ2) is 8.38. The maximum absolute atomic E-state index is 12.8. The molecule has 1 aliphatic heterocycles. The molecular weight excluding hydrogens is 378 g/mol. The fourth-order valence-electron chi connectivity index (χ4n) is 3.13. The highest BCUT2D eigenvalue weighted by atomic mass is 32.2. The second-order valence-corrected chi connectivity index (χ2v) is 9.04. The molecule has 0 saturated carbocycles. The largest absolute Gasteiger partial charge is 0.486 e. The Morgan fingerprint density at radius 2 is 1.68 bits per heavy atom. The third-order valence-corrected chi connectivity index (χ3v) is 6.23. The van der Waals surface area contributed by atoms with Crippen molar-refractivity contribution in [3.05, 3.63) is 48.0 Å². The average molecular weight is 407 g/mol. The van der Waals surface area contributed by atoms with Crippen LogP contribution in [0.3, 0.4) is 0 Å². The van der Waals surface area contributed by atoms with E-state index in [1.165, 1.54) is 6.07 Å². The number of sulfonamides is 1. The second-order valence-electron chi connectivity index (χ2n) is 7.27. The van der Waals surface area contributed by atoms with Crippen molar-refractivity contribution in [1.82, 2.24) is 4.72 Å². The van der Waals surface area contributed by atoms with Gasteiger partial charge in [0.1, 0.15) is 19.3 Å². The summed E-state index contributed by atoms with van der Waals surface area (Å²) in [6.07, 6.45) is 0. The lowest BCUT2D eigenvalue weighted by molar-refractivity contribution is -0.890. The van der Waals surface area contributed by atoms with Gasteiger partial charge in [-0.3, -0.25) is 0 Å². The molecule has 0 unspecified atom stereocenters. The predicted octanol–water partition coefficient (Wildman–Crippen LogP) is 0.688. The van der Waals surface area contributed by atoms with Crippen LogP contribution in [0.4, 0.5) is 5.69 Å². The van der Waals surface area contributed by atoms with E-state index >= 15 is 0 Å². The first-order chi connectivity index (χ1) is 13.3. The third kappa shape index (κ3) is 4.57. The first kappa shape index (κ1) is 20.4. The molecule has 1 aliphatic rings. The van der Waals surface area contributed by atoms with E-state index in [1.807, 2.05) is 57.4 Å². The maximum Gasteiger partial charge on any atom is 0.240 e. The minimum atomic E-state index is -3.66. The Bertz CT molecular complexity index is 912. The molecule has 0 spiro atoms. The summed E-state index contributed by atoms with van der Waals surface area (Å²) in [4.78, 5) is 3.35. The van der Waals surface area contributed by atoms with Crippen molar-refractivity contribution in [2.24, 2.45) is 0 Å². The number of rotatable bonds is 7. The minimum absolute atomic E-state index is 0.0109. The number of likely N-dealkylation sites (N-methyl/N-ethyl adjacent to an activating group) is 1. The molecule has 0 saturated heterocycles. The first-order valence-electron chi connectivity index (χ1n) is 9.24. The zero-order valence-electron chi connectivity index (χ0n) is 16.7. The van der Waals surface area contributed by atoms with Crippen LogP contribution in [0.25, 0.3) is 0 Å². The van der Waals surface area contributed by atoms with Crippen molar-refractivity contribution < 1.29 is 22.8 Å². The Balaban J connectivity index is 1.75. The summed E-state index contributed by atoms with van der Waals surface area (Å²) in [5.74, 6) is 1.03. The van der Waals surface area contributed by atoms with Crippen LogP contribution in [0.15, 0.2) is 47.4 Å². The van der Waals surface area contributed by atoms with E-state index in [1.54, 1.807) is 12.1 Å². The van der Waals surface area contributed by atoms with Gasteiger partial charge in [-0.1, -0.05) is 12.1 Å². The summed E-state index contributed by atoms with van der Waals surface area (Å²) < 4.78 is 39.3. The normalized spacial score (nSPS) is 14.8. The summed E-state index contributed by atoms with van der Waals surface area (Å²) in [6, 6.07) is 12.9. The Labute approximate surface area is 166 Å². The Morgan fingerprint density at radius 1 is 1.04 bits per heavy atom. The number of nitrogens with zero attached hydrogens (tertiary/aromatic N) is 1. The summed E-state index contributed by atoms with van der Waals surface area (Å²) in [7, 11) is 4.36. The number of anilines is 1. The summed E-state index contributed by atoms with van der Waals surface area (Å²) in [6.45, 7) is 1.18. The van der Waals surface area contributed by atoms with Gasteiger partial charge in [0.25, 0.3) is 0 Å². The van der Waals surface area contributed by atoms with Gasteiger partial charge in [0.15, 0.2) is 11.5 Å². The number of benzene rings is 2. The van der Waals surface area contributed by atoms with Crippen molar-refractivity contribution in [2.75, 3.05) is 52.8 Å². The number of fused-ring (bicyclic) bond motifs is 1. The third-order valence-electron chi connectivity index (χ3n) is 4.81. The number of hydrogen-bond donors (Lipinski definition) is 2. The summed E-state index contributed by atoms with van der Waals surface area (Å²) in [5, 5.41) is 0. The van der Waals surface area contributed by atoms with Gasteiger partial charge in [0, 0.05) is 31.4 Å². The molecule has 0 bridgehead atoms. The summed E-state index contributed by atoms with van der Waals surface area (Å²) in [5.41, 5.74) is 2.18. The van der Waals surface area contributed by atoms with Crippen LogP contribution in [0.1, 0.15) is 11.6 Å². The van der Waals surface area contributed by atoms with Crippen LogP contribution < -0.4 is 24.0 Å². The number of quaternary nitrogens is 1. The van der Waals surface area contributed by atoms with Crippen molar-refractivity contribution in [3.63, 3.8) is 0 Å². The van der Waals surface area contributed by atoms with E-state index in [-0.39, 0.29) is 10.9 Å². The zero-order chi connectivity index (χ0) is 20.3. The molecule has 2 aromatic rings. The molecule has 0 amide bonds. The highest BCUT2D eigenvalue weighted by Crippen LogP contribution is 2.32. The molecule has 28 heavy (non-hydrogen) atoms. The highest BCUT2D eigenvalue weighted by molar-refractivity contribution is 7.89. The fraction of sp³-hybridized carbons (Fsp3) is 0.400. The van der Waals surface area contributed by atoms with Gasteiger partial charge in [-0.25, -0.2) is 13.1 Å². The standard InChI is InChI=1S/C20H27N3O4S/c1-22(2)16-7-5-15(6-8-16)18(23(3)4)14-21-28(24,25)17-9-10-19-20(13-17)27-12-11-26-19/h5-10,13,18,21H,11-12,14H2,1-4H3/p+1/t18-/m1/s1. The number of ether oxygens (including phenoxy) is 2. The molecule has 0 fully saturated rings. The van der Waals surface area contributed by atoms with Crippen LogP contribution >= 0.6 is 0 Å². The molecule has 1 atom stereocenters. The quantitative estimate of drug-likeness (QED) is 0.708. The zero-order valence-corrected chi connectivity index (χ0v) is 17.5. The van der Waals surface area contributed by atoms with E-state index in [4.69, 9.17) is 9.47 Å². The minimum Gasteiger partial charge on any atom is -0.486 e. The molecule has 0 aromatic heterocycles. The predicted molar refractivity (Wildman–Crippen MR) is 109 cm³/mol. The Kier molecular flexibility index (Phi) is 6.12. The summed E-state index contributed by atoms with van der Waals surface area (Å²) >= 11 is 0. The van der Waals surface area contributed by atoms with E-state index in [0.29, 0.717) is 31.3 Å². The van der Waals surface area contributed by atoms with Crippen molar-refractivity contribution in [3.8, 4) is 11.5 Å². The monoisotopic (exact) mass is 406 g/mol. The van der Waals surface area contributed by atoms with Gasteiger partial charge in [-0.15, -0.1) is 0 Å². The first-order valence-corrected chi connectivity index (χ1v) is 10.7. The maximum atomic E-state index is 12.8. The van der Waals surface area contributed by atoms with E-state index in [9.17, 15) is 8.42 Å². The molecule has 2 N–H and O–H groups in total. The molecule has 0 radical (unpaired) electrons. The van der Waals surface area contributed by atoms with Gasteiger partial charge >= 0.3 is 0 Å². The molecule has 3 rings (SSSR count). The van der Waals surface area contributed by atoms with Crippen LogP contribution in [-0.4, -0.2) is 56.4 Å². The average Bonchev–Trinajstić information content (AvgIpc) is 2.67. The molecule has 1 heterocycles. The Hall–Kier alpha value is -2.29. The van der Waals surface area contributed by atoms with Gasteiger partial charge in [-0.05, 0) is 24.3 Å². The van der Waals surface area contributed by atoms with E-state index in [2.05, 4.69) is 4.72 Å². The molecule has 152 valence electrons. The lowest BCUT2D eigenvalue weighted by Crippen LogP contribution is -3.07. The SMILES string of the molecule is CN(C)c1ccc([C@@H](CNS(=O)(=O)c2ccc3c(c2)OCCO3)[NH+](C)C)cc1. The lowest BCUT2D eigenvalue weighted by Gasteiger charge is -2.23. The van der Waals surface area contributed by atoms with E-state index in [0.717, 1.165) is 16.2 Å². The van der Waals surface area contributed by atoms with Crippen LogP contribution in [0.2, 0.25) is 0 Å². The van der Waals surface area contributed by atoms with E-state index < -0.39 is 10.0 Å². The van der Waals surface area contributed by atoms with Crippen LogP contribution in [0.5, 0.6) is 11.5 Å². The van der Waals surface area contributed by atoms with Crippen LogP contribution in [0, 0.1) is 0 Å². The van der Waals surface area contributed by atoms with Crippen LogP contribution in [-0.2, 0) is 10.0 Å². The van der Waals surface area contributed by atoms with Crippen molar-refractivity contribution in [1.29, 1.82) is 0 Å². The van der Waals surface area contributed by atoms with Gasteiger partial charge in [0.05, 0.1) is 25.5 Å². The van der Waals surface area contributed by atoms with Gasteiger partial charge in [0.2, 0.25) is 10.0 Å². The fourth-order valence-corrected chi connectivity index (χ4v) is 4.19. The number of nitrogens with one attached hydrogen (secondary N) is 2. The highest BCUT2D eigenvalue weighted by Gasteiger charge is 2.24. The topological polar surface area (TPSA) is 72.3 Å². The number of hydrogen-bond acceptors (Lipinski definition) is 5. The lowest BCUT2D eigenvalue weighted by atomic mass is 10.1.